The fraction of sp³-hybridized carbons (Fsp3) is 0.500. The molecule has 5 nitrogen and oxygen atoms in total. The van der Waals surface area contributed by atoms with Crippen LogP contribution in [-0.4, -0.2) is 37.3 Å². The van der Waals surface area contributed by atoms with Gasteiger partial charge in [-0.15, -0.1) is 0 Å². The van der Waals surface area contributed by atoms with Crippen LogP contribution in [0.2, 0.25) is 0 Å². The largest absolute Gasteiger partial charge is 0.497 e. The maximum absolute atomic E-state index is 12.7. The second kappa shape index (κ2) is 6.62. The molecule has 1 aromatic carbocycles. The van der Waals surface area contributed by atoms with E-state index in [4.69, 9.17) is 9.47 Å². The van der Waals surface area contributed by atoms with Crippen LogP contribution in [0.4, 0.5) is 0 Å². The summed E-state index contributed by atoms with van der Waals surface area (Å²) in [5.74, 6) is 1.15. The van der Waals surface area contributed by atoms with Crippen molar-refractivity contribution in [1.29, 1.82) is 0 Å². The van der Waals surface area contributed by atoms with Crippen molar-refractivity contribution in [3.63, 3.8) is 0 Å². The molecule has 5 heteroatoms. The minimum absolute atomic E-state index is 0.0214. The molecular weight excluding hydrogens is 292 g/mol. The Morgan fingerprint density at radius 3 is 3.00 bits per heavy atom. The molecule has 1 aromatic heterocycles. The SMILES string of the molecule is COc1ccc2c(c1)c(C(=O)NC[C@H]1CCCOC1)c(C)n2C. The van der Waals surface area contributed by atoms with Gasteiger partial charge >= 0.3 is 0 Å². The number of fused-ring (bicyclic) bond motifs is 1. The number of hydrogen-bond acceptors (Lipinski definition) is 3. The van der Waals surface area contributed by atoms with E-state index in [2.05, 4.69) is 5.32 Å². The number of nitrogens with zero attached hydrogens (tertiary/aromatic N) is 1. The molecule has 3 rings (SSSR count). The lowest BCUT2D eigenvalue weighted by Gasteiger charge is -2.22. The van der Waals surface area contributed by atoms with Crippen LogP contribution < -0.4 is 10.1 Å². The summed E-state index contributed by atoms with van der Waals surface area (Å²) in [5, 5.41) is 4.01. The van der Waals surface area contributed by atoms with Crippen LogP contribution in [-0.2, 0) is 11.8 Å². The number of hydrogen-bond donors (Lipinski definition) is 1. The Morgan fingerprint density at radius 1 is 1.48 bits per heavy atom. The zero-order valence-electron chi connectivity index (χ0n) is 14.0. The first-order valence-corrected chi connectivity index (χ1v) is 8.10. The number of nitrogens with one attached hydrogen (secondary N) is 1. The maximum atomic E-state index is 12.7. The zero-order valence-corrected chi connectivity index (χ0v) is 14.0. The first kappa shape index (κ1) is 15.9. The topological polar surface area (TPSA) is 52.5 Å². The van der Waals surface area contributed by atoms with E-state index in [1.807, 2.05) is 36.7 Å². The Hall–Kier alpha value is -2.01. The van der Waals surface area contributed by atoms with Crippen LogP contribution in [0.3, 0.4) is 0 Å². The number of rotatable bonds is 4. The smallest absolute Gasteiger partial charge is 0.253 e. The predicted molar refractivity (Wildman–Crippen MR) is 90.1 cm³/mol. The molecule has 0 bridgehead atoms. The molecule has 0 saturated carbocycles. The van der Waals surface area contributed by atoms with Gasteiger partial charge in [-0.3, -0.25) is 4.79 Å². The summed E-state index contributed by atoms with van der Waals surface area (Å²) in [5.41, 5.74) is 2.73. The van der Waals surface area contributed by atoms with Gasteiger partial charge < -0.3 is 19.4 Å². The average molecular weight is 316 g/mol. The number of carbonyl (C=O) groups excluding carboxylic acids is 1. The second-order valence-corrected chi connectivity index (χ2v) is 6.20. The van der Waals surface area contributed by atoms with Crippen molar-refractivity contribution in [1.82, 2.24) is 9.88 Å². The summed E-state index contributed by atoms with van der Waals surface area (Å²) in [6, 6.07) is 5.84. The third kappa shape index (κ3) is 3.06. The molecule has 1 amide bonds. The normalized spacial score (nSPS) is 18.1. The molecular formula is C18H24N2O3. The van der Waals surface area contributed by atoms with Crippen LogP contribution in [0.25, 0.3) is 10.9 Å². The molecule has 1 aliphatic heterocycles. The third-order valence-electron chi connectivity index (χ3n) is 4.73. The van der Waals surface area contributed by atoms with E-state index in [0.29, 0.717) is 12.5 Å². The lowest BCUT2D eigenvalue weighted by molar-refractivity contribution is 0.0536. The fourth-order valence-corrected chi connectivity index (χ4v) is 3.26. The Bertz CT molecular complexity index is 715. The molecule has 0 spiro atoms. The quantitative estimate of drug-likeness (QED) is 0.943. The molecule has 0 radical (unpaired) electrons. The van der Waals surface area contributed by atoms with Crippen LogP contribution in [0.15, 0.2) is 18.2 Å². The molecule has 2 aromatic rings. The number of benzene rings is 1. The minimum atomic E-state index is -0.0214. The Labute approximate surface area is 136 Å². The fourth-order valence-electron chi connectivity index (χ4n) is 3.26. The number of ether oxygens (including phenoxy) is 2. The van der Waals surface area contributed by atoms with Crippen molar-refractivity contribution in [2.45, 2.75) is 19.8 Å². The highest BCUT2D eigenvalue weighted by molar-refractivity contribution is 6.08. The molecule has 1 N–H and O–H groups in total. The third-order valence-corrected chi connectivity index (χ3v) is 4.73. The maximum Gasteiger partial charge on any atom is 0.253 e. The van der Waals surface area contributed by atoms with E-state index in [-0.39, 0.29) is 5.91 Å². The highest BCUT2D eigenvalue weighted by Crippen LogP contribution is 2.28. The van der Waals surface area contributed by atoms with E-state index < -0.39 is 0 Å². The van der Waals surface area contributed by atoms with Gasteiger partial charge in [-0.05, 0) is 43.9 Å². The molecule has 1 saturated heterocycles. The van der Waals surface area contributed by atoms with Crippen molar-refractivity contribution in [3.8, 4) is 5.75 Å². The van der Waals surface area contributed by atoms with E-state index >= 15 is 0 Å². The Kier molecular flexibility index (Phi) is 4.57. The predicted octanol–water partition coefficient (Wildman–Crippen LogP) is 2.65. The molecule has 2 heterocycles. The number of carbonyl (C=O) groups is 1. The van der Waals surface area contributed by atoms with E-state index in [9.17, 15) is 4.79 Å². The van der Waals surface area contributed by atoms with Gasteiger partial charge in [-0.2, -0.15) is 0 Å². The highest BCUT2D eigenvalue weighted by atomic mass is 16.5. The van der Waals surface area contributed by atoms with Gasteiger partial charge in [0, 0.05) is 36.8 Å². The van der Waals surface area contributed by atoms with Crippen LogP contribution in [0, 0.1) is 12.8 Å². The minimum Gasteiger partial charge on any atom is -0.497 e. The summed E-state index contributed by atoms with van der Waals surface area (Å²) in [6.45, 7) is 4.22. The van der Waals surface area contributed by atoms with Crippen molar-refractivity contribution in [2.24, 2.45) is 13.0 Å². The van der Waals surface area contributed by atoms with E-state index in [1.54, 1.807) is 7.11 Å². The monoisotopic (exact) mass is 316 g/mol. The molecule has 0 aliphatic carbocycles. The number of amides is 1. The molecule has 1 fully saturated rings. The van der Waals surface area contributed by atoms with Crippen molar-refractivity contribution in [2.75, 3.05) is 26.9 Å². The highest BCUT2D eigenvalue weighted by Gasteiger charge is 2.21. The van der Waals surface area contributed by atoms with Crippen LogP contribution >= 0.6 is 0 Å². The van der Waals surface area contributed by atoms with Gasteiger partial charge in [-0.1, -0.05) is 0 Å². The average Bonchev–Trinajstić information content (AvgIpc) is 2.84. The molecule has 1 aliphatic rings. The van der Waals surface area contributed by atoms with Gasteiger partial charge in [0.15, 0.2) is 0 Å². The lowest BCUT2D eigenvalue weighted by Crippen LogP contribution is -2.33. The summed E-state index contributed by atoms with van der Waals surface area (Å²) in [4.78, 5) is 12.7. The molecule has 0 unspecified atom stereocenters. The summed E-state index contributed by atoms with van der Waals surface area (Å²) in [7, 11) is 3.62. The van der Waals surface area contributed by atoms with Gasteiger partial charge in [-0.25, -0.2) is 0 Å². The van der Waals surface area contributed by atoms with Crippen molar-refractivity contribution in [3.05, 3.63) is 29.5 Å². The van der Waals surface area contributed by atoms with E-state index in [1.165, 1.54) is 0 Å². The van der Waals surface area contributed by atoms with Gasteiger partial charge in [0.1, 0.15) is 5.75 Å². The summed E-state index contributed by atoms with van der Waals surface area (Å²) >= 11 is 0. The first-order valence-electron chi connectivity index (χ1n) is 8.10. The van der Waals surface area contributed by atoms with Crippen molar-refractivity contribution >= 4 is 16.8 Å². The molecule has 124 valence electrons. The van der Waals surface area contributed by atoms with Crippen molar-refractivity contribution < 1.29 is 14.3 Å². The lowest BCUT2D eigenvalue weighted by atomic mass is 10.0. The van der Waals surface area contributed by atoms with Crippen LogP contribution in [0.1, 0.15) is 28.9 Å². The van der Waals surface area contributed by atoms with Gasteiger partial charge in [0.2, 0.25) is 0 Å². The van der Waals surface area contributed by atoms with Gasteiger partial charge in [0.25, 0.3) is 5.91 Å². The first-order chi connectivity index (χ1) is 11.1. The standard InChI is InChI=1S/C18H24N2O3/c1-12-17(18(21)19-10-13-5-4-8-23-11-13)15-9-14(22-3)6-7-16(15)20(12)2/h6-7,9,13H,4-5,8,10-11H2,1-3H3,(H,19,21)/t13-/m1/s1. The second-order valence-electron chi connectivity index (χ2n) is 6.20. The van der Waals surface area contributed by atoms with Gasteiger partial charge in [0.05, 0.1) is 19.3 Å². The number of aryl methyl sites for hydroxylation is 1. The number of aromatic nitrogens is 1. The molecule has 1 atom stereocenters. The van der Waals surface area contributed by atoms with E-state index in [0.717, 1.165) is 54.0 Å². The summed E-state index contributed by atoms with van der Waals surface area (Å²) in [6.07, 6.45) is 2.19. The Morgan fingerprint density at radius 2 is 2.30 bits per heavy atom. The zero-order chi connectivity index (χ0) is 16.4. The number of methoxy groups -OCH3 is 1. The Balaban J connectivity index is 1.85. The molecule has 23 heavy (non-hydrogen) atoms. The summed E-state index contributed by atoms with van der Waals surface area (Å²) < 4.78 is 12.8. The van der Waals surface area contributed by atoms with Crippen LogP contribution in [0.5, 0.6) is 5.75 Å².